The molecule has 1 aromatic heterocycles. The quantitative estimate of drug-likeness (QED) is 0.930. The fraction of sp³-hybridized carbons (Fsp3) is 0.444. The molecule has 24 heavy (non-hydrogen) atoms. The van der Waals surface area contributed by atoms with Crippen molar-refractivity contribution in [1.29, 1.82) is 0 Å². The second-order valence-corrected chi connectivity index (χ2v) is 6.58. The molecule has 126 valence electrons. The summed E-state index contributed by atoms with van der Waals surface area (Å²) in [6, 6.07) is 8.00. The van der Waals surface area contributed by atoms with Crippen molar-refractivity contribution < 1.29 is 13.9 Å². The lowest BCUT2D eigenvalue weighted by Crippen LogP contribution is -2.32. The van der Waals surface area contributed by atoms with Gasteiger partial charge in [0.2, 0.25) is 11.8 Å². The van der Waals surface area contributed by atoms with E-state index in [-0.39, 0.29) is 5.91 Å². The first-order chi connectivity index (χ1) is 11.6. The molecule has 0 radical (unpaired) electrons. The Morgan fingerprint density at radius 2 is 2.12 bits per heavy atom. The first-order valence-electron chi connectivity index (χ1n) is 8.25. The molecular formula is C18H21N3O3. The van der Waals surface area contributed by atoms with Gasteiger partial charge in [-0.3, -0.25) is 9.69 Å². The summed E-state index contributed by atoms with van der Waals surface area (Å²) in [6.45, 7) is 4.54. The van der Waals surface area contributed by atoms with Gasteiger partial charge in [-0.1, -0.05) is 0 Å². The van der Waals surface area contributed by atoms with E-state index in [0.29, 0.717) is 24.3 Å². The van der Waals surface area contributed by atoms with Crippen LogP contribution in [0.2, 0.25) is 0 Å². The van der Waals surface area contributed by atoms with E-state index in [0.717, 1.165) is 42.4 Å². The van der Waals surface area contributed by atoms with Crippen molar-refractivity contribution in [2.75, 3.05) is 20.2 Å². The number of carbonyl (C=O) groups is 1. The van der Waals surface area contributed by atoms with E-state index in [1.807, 2.05) is 31.2 Å². The molecule has 0 unspecified atom stereocenters. The third-order valence-corrected chi connectivity index (χ3v) is 4.91. The third-order valence-electron chi connectivity index (χ3n) is 4.91. The van der Waals surface area contributed by atoms with Crippen molar-refractivity contribution >= 4 is 5.91 Å². The molecule has 2 aromatic rings. The van der Waals surface area contributed by atoms with E-state index in [1.165, 1.54) is 0 Å². The van der Waals surface area contributed by atoms with Gasteiger partial charge in [0.25, 0.3) is 0 Å². The first kappa shape index (κ1) is 15.2. The summed E-state index contributed by atoms with van der Waals surface area (Å²) in [5.74, 6) is 2.92. The zero-order valence-corrected chi connectivity index (χ0v) is 13.9. The summed E-state index contributed by atoms with van der Waals surface area (Å²) in [4.78, 5) is 18.4. The number of ether oxygens (including phenoxy) is 1. The predicted octanol–water partition coefficient (Wildman–Crippen LogP) is 1.98. The number of rotatable bonds is 4. The van der Waals surface area contributed by atoms with Crippen molar-refractivity contribution in [3.05, 3.63) is 35.7 Å². The van der Waals surface area contributed by atoms with E-state index in [4.69, 9.17) is 9.15 Å². The fourth-order valence-corrected chi connectivity index (χ4v) is 3.61. The number of likely N-dealkylation sites (tertiary alicyclic amines) is 1. The van der Waals surface area contributed by atoms with Gasteiger partial charge < -0.3 is 14.5 Å². The highest BCUT2D eigenvalue weighted by molar-refractivity contribution is 5.79. The van der Waals surface area contributed by atoms with Crippen LogP contribution in [-0.2, 0) is 11.3 Å². The lowest BCUT2D eigenvalue weighted by Gasteiger charge is -2.15. The number of nitrogens with zero attached hydrogens (tertiary/aromatic N) is 2. The van der Waals surface area contributed by atoms with Gasteiger partial charge in [-0.2, -0.15) is 0 Å². The summed E-state index contributed by atoms with van der Waals surface area (Å²) in [5, 5.41) is 3.05. The topological polar surface area (TPSA) is 67.6 Å². The zero-order valence-electron chi connectivity index (χ0n) is 13.9. The molecule has 4 rings (SSSR count). The van der Waals surface area contributed by atoms with E-state index in [1.54, 1.807) is 7.11 Å². The number of aromatic nitrogens is 1. The van der Waals surface area contributed by atoms with Gasteiger partial charge in [-0.05, 0) is 31.2 Å². The fourth-order valence-electron chi connectivity index (χ4n) is 3.61. The van der Waals surface area contributed by atoms with Crippen LogP contribution in [0.1, 0.15) is 17.9 Å². The average Bonchev–Trinajstić information content (AvgIpc) is 3.21. The van der Waals surface area contributed by atoms with Gasteiger partial charge in [-0.25, -0.2) is 4.98 Å². The molecule has 3 heterocycles. The van der Waals surface area contributed by atoms with Crippen molar-refractivity contribution in [3.8, 4) is 17.2 Å². The number of hydrogen-bond acceptors (Lipinski definition) is 5. The number of carbonyl (C=O) groups excluding carboxylic acids is 1. The molecule has 1 N–H and O–H groups in total. The van der Waals surface area contributed by atoms with Crippen molar-refractivity contribution in [3.63, 3.8) is 0 Å². The molecule has 0 spiro atoms. The Hall–Kier alpha value is -2.34. The molecule has 2 aliphatic rings. The maximum Gasteiger partial charge on any atom is 0.226 e. The van der Waals surface area contributed by atoms with Crippen LogP contribution in [0.3, 0.4) is 0 Å². The Morgan fingerprint density at radius 1 is 1.33 bits per heavy atom. The minimum absolute atomic E-state index is 0.184. The number of benzene rings is 1. The van der Waals surface area contributed by atoms with E-state index in [9.17, 15) is 4.79 Å². The van der Waals surface area contributed by atoms with Crippen LogP contribution in [-0.4, -0.2) is 42.0 Å². The molecule has 0 aliphatic carbocycles. The molecule has 2 aliphatic heterocycles. The Bertz CT molecular complexity index is 737. The Balaban J connectivity index is 1.47. The summed E-state index contributed by atoms with van der Waals surface area (Å²) in [7, 11) is 1.65. The normalized spacial score (nSPS) is 23.3. The maximum absolute atomic E-state index is 11.4. The van der Waals surface area contributed by atoms with Crippen LogP contribution in [0.25, 0.3) is 11.5 Å². The van der Waals surface area contributed by atoms with Gasteiger partial charge in [0.15, 0.2) is 0 Å². The molecule has 2 atom stereocenters. The van der Waals surface area contributed by atoms with E-state index in [2.05, 4.69) is 15.2 Å². The molecule has 1 amide bonds. The molecule has 6 nitrogen and oxygen atoms in total. The number of hydrogen-bond donors (Lipinski definition) is 1. The molecule has 0 saturated carbocycles. The molecular weight excluding hydrogens is 306 g/mol. The molecule has 0 bridgehead atoms. The minimum Gasteiger partial charge on any atom is -0.497 e. The van der Waals surface area contributed by atoms with Gasteiger partial charge in [0.05, 0.1) is 12.8 Å². The Morgan fingerprint density at radius 3 is 2.83 bits per heavy atom. The number of oxazole rings is 1. The van der Waals surface area contributed by atoms with Crippen LogP contribution in [0, 0.1) is 12.8 Å². The van der Waals surface area contributed by atoms with Crippen molar-refractivity contribution in [2.24, 2.45) is 5.92 Å². The van der Waals surface area contributed by atoms with Gasteiger partial charge in [0.1, 0.15) is 11.5 Å². The van der Waals surface area contributed by atoms with E-state index < -0.39 is 0 Å². The largest absolute Gasteiger partial charge is 0.497 e. The number of methoxy groups -OCH3 is 1. The standard InChI is InChI=1S/C18H21N3O3/c1-11-15(9-21-8-13-7-17(22)19-16(13)10-21)20-18(24-11)12-3-5-14(23-2)6-4-12/h3-6,13,16H,7-10H2,1-2H3,(H,19,22)/t13-,16+/m0/s1. The lowest BCUT2D eigenvalue weighted by atomic mass is 10.1. The monoisotopic (exact) mass is 327 g/mol. The second kappa shape index (κ2) is 5.94. The number of amides is 1. The van der Waals surface area contributed by atoms with Gasteiger partial charge in [-0.15, -0.1) is 0 Å². The van der Waals surface area contributed by atoms with Gasteiger partial charge in [0, 0.05) is 43.6 Å². The smallest absolute Gasteiger partial charge is 0.226 e. The van der Waals surface area contributed by atoms with Crippen LogP contribution < -0.4 is 10.1 Å². The SMILES string of the molecule is COc1ccc(-c2nc(CN3C[C@@H]4CC(=O)N[C@@H]4C3)c(C)o2)cc1. The second-order valence-electron chi connectivity index (χ2n) is 6.58. The van der Waals surface area contributed by atoms with E-state index >= 15 is 0 Å². The van der Waals surface area contributed by atoms with Crippen LogP contribution >= 0.6 is 0 Å². The van der Waals surface area contributed by atoms with Crippen LogP contribution in [0.4, 0.5) is 0 Å². The summed E-state index contributed by atoms with van der Waals surface area (Å²) < 4.78 is 11.0. The number of fused-ring (bicyclic) bond motifs is 1. The predicted molar refractivity (Wildman–Crippen MR) is 88.5 cm³/mol. The maximum atomic E-state index is 11.4. The molecule has 6 heteroatoms. The minimum atomic E-state index is 0.184. The highest BCUT2D eigenvalue weighted by atomic mass is 16.5. The van der Waals surface area contributed by atoms with Crippen molar-refractivity contribution in [2.45, 2.75) is 25.9 Å². The number of aryl methyl sites for hydroxylation is 1. The van der Waals surface area contributed by atoms with Crippen molar-refractivity contribution in [1.82, 2.24) is 15.2 Å². The highest BCUT2D eigenvalue weighted by Crippen LogP contribution is 2.28. The zero-order chi connectivity index (χ0) is 16.7. The van der Waals surface area contributed by atoms with Crippen LogP contribution in [0.5, 0.6) is 5.75 Å². The lowest BCUT2D eigenvalue weighted by molar-refractivity contribution is -0.119. The summed E-state index contributed by atoms with van der Waals surface area (Å²) in [6.07, 6.45) is 0.649. The summed E-state index contributed by atoms with van der Waals surface area (Å²) >= 11 is 0. The van der Waals surface area contributed by atoms with Crippen LogP contribution in [0.15, 0.2) is 28.7 Å². The third kappa shape index (κ3) is 2.78. The first-order valence-corrected chi connectivity index (χ1v) is 8.25. The number of nitrogens with one attached hydrogen (secondary N) is 1. The molecule has 2 fully saturated rings. The molecule has 1 aromatic carbocycles. The summed E-state index contributed by atoms with van der Waals surface area (Å²) in [5.41, 5.74) is 1.91. The Kier molecular flexibility index (Phi) is 3.76. The molecule has 2 saturated heterocycles. The van der Waals surface area contributed by atoms with Gasteiger partial charge >= 0.3 is 0 Å². The highest BCUT2D eigenvalue weighted by Gasteiger charge is 2.40. The average molecular weight is 327 g/mol. The Labute approximate surface area is 140 Å².